The van der Waals surface area contributed by atoms with Crippen LogP contribution in [0.1, 0.15) is 26.3 Å². The fraction of sp³-hybridized carbons (Fsp3) is 0.278. The summed E-state index contributed by atoms with van der Waals surface area (Å²) >= 11 is 0. The number of nitrogen functional groups attached to an aromatic ring is 1. The molecule has 2 rings (SSSR count). The topological polar surface area (TPSA) is 64.3 Å². The molecule has 0 saturated heterocycles. The molecule has 0 fully saturated rings. The Kier molecular flexibility index (Phi) is 4.97. The lowest BCUT2D eigenvalue weighted by Gasteiger charge is -2.20. The van der Waals surface area contributed by atoms with Gasteiger partial charge in [-0.05, 0) is 50.1 Å². The van der Waals surface area contributed by atoms with E-state index in [1.165, 1.54) is 36.4 Å². The van der Waals surface area contributed by atoms with Gasteiger partial charge in [0, 0.05) is 0 Å². The molecule has 0 aliphatic heterocycles. The molecule has 0 aliphatic carbocycles. The highest BCUT2D eigenvalue weighted by Crippen LogP contribution is 2.38. The monoisotopic (exact) mass is 352 g/mol. The van der Waals surface area contributed by atoms with E-state index in [1.807, 2.05) is 0 Å². The van der Waals surface area contributed by atoms with Gasteiger partial charge in [-0.15, -0.1) is 0 Å². The third-order valence-electron chi connectivity index (χ3n) is 3.23. The second-order valence-electron chi connectivity index (χ2n) is 6.47. The quantitative estimate of drug-likeness (QED) is 0.721. The van der Waals surface area contributed by atoms with Gasteiger partial charge >= 0.3 is 12.3 Å². The van der Waals surface area contributed by atoms with Crippen molar-refractivity contribution in [2.75, 3.05) is 11.1 Å². The summed E-state index contributed by atoms with van der Waals surface area (Å²) in [4.78, 5) is 11.8. The zero-order valence-electron chi connectivity index (χ0n) is 14.1. The van der Waals surface area contributed by atoms with Crippen molar-refractivity contribution in [3.05, 3.63) is 48.0 Å². The molecule has 0 unspecified atom stereocenters. The second-order valence-corrected chi connectivity index (χ2v) is 6.47. The predicted octanol–water partition coefficient (Wildman–Crippen LogP) is 5.30. The van der Waals surface area contributed by atoms with Gasteiger partial charge in [0.15, 0.2) is 0 Å². The van der Waals surface area contributed by atoms with E-state index in [2.05, 4.69) is 5.32 Å². The van der Waals surface area contributed by atoms with E-state index in [1.54, 1.807) is 20.8 Å². The van der Waals surface area contributed by atoms with E-state index in [0.29, 0.717) is 5.56 Å². The summed E-state index contributed by atoms with van der Waals surface area (Å²) in [5.74, 6) is 0. The highest BCUT2D eigenvalue weighted by molar-refractivity contribution is 5.90. The minimum Gasteiger partial charge on any atom is -0.444 e. The second kappa shape index (κ2) is 6.66. The summed E-state index contributed by atoms with van der Waals surface area (Å²) < 4.78 is 44.5. The molecular weight excluding hydrogens is 333 g/mol. The van der Waals surface area contributed by atoms with Crippen molar-refractivity contribution in [2.24, 2.45) is 0 Å². The fourth-order valence-corrected chi connectivity index (χ4v) is 2.24. The zero-order valence-corrected chi connectivity index (χ0v) is 14.1. The molecule has 2 aromatic carbocycles. The summed E-state index contributed by atoms with van der Waals surface area (Å²) in [7, 11) is 0. The van der Waals surface area contributed by atoms with Crippen LogP contribution < -0.4 is 11.1 Å². The molecule has 0 aromatic heterocycles. The van der Waals surface area contributed by atoms with Gasteiger partial charge in [-0.2, -0.15) is 13.2 Å². The number of ether oxygens (including phenoxy) is 1. The normalized spacial score (nSPS) is 11.9. The maximum Gasteiger partial charge on any atom is 0.417 e. The van der Waals surface area contributed by atoms with Gasteiger partial charge in [0.25, 0.3) is 0 Å². The van der Waals surface area contributed by atoms with Gasteiger partial charge in [0.2, 0.25) is 0 Å². The fourth-order valence-electron chi connectivity index (χ4n) is 2.24. The van der Waals surface area contributed by atoms with Crippen LogP contribution in [0.4, 0.5) is 29.3 Å². The van der Waals surface area contributed by atoms with Crippen LogP contribution in [0.2, 0.25) is 0 Å². The van der Waals surface area contributed by atoms with Gasteiger partial charge in [-0.25, -0.2) is 4.79 Å². The van der Waals surface area contributed by atoms with Crippen molar-refractivity contribution in [1.82, 2.24) is 0 Å². The molecule has 0 radical (unpaired) electrons. The van der Waals surface area contributed by atoms with Crippen molar-refractivity contribution >= 4 is 17.5 Å². The summed E-state index contributed by atoms with van der Waals surface area (Å²) in [6.07, 6.45) is -5.17. The van der Waals surface area contributed by atoms with Gasteiger partial charge < -0.3 is 10.5 Å². The Morgan fingerprint density at radius 1 is 1.08 bits per heavy atom. The number of carbonyl (C=O) groups excluding carboxylic acids is 1. The van der Waals surface area contributed by atoms with Crippen molar-refractivity contribution in [3.8, 4) is 11.1 Å². The first-order chi connectivity index (χ1) is 11.5. The Hall–Kier alpha value is -2.70. The summed E-state index contributed by atoms with van der Waals surface area (Å²) in [5.41, 5.74) is 5.18. The number of alkyl halides is 3. The first-order valence-corrected chi connectivity index (χ1v) is 7.53. The summed E-state index contributed by atoms with van der Waals surface area (Å²) in [5, 5.41) is 2.48. The Morgan fingerprint density at radius 2 is 1.72 bits per heavy atom. The molecule has 3 N–H and O–H groups in total. The van der Waals surface area contributed by atoms with E-state index < -0.39 is 23.4 Å². The average molecular weight is 352 g/mol. The third kappa shape index (κ3) is 4.89. The van der Waals surface area contributed by atoms with E-state index >= 15 is 0 Å². The van der Waals surface area contributed by atoms with Gasteiger partial charge in [0.05, 0.1) is 16.9 Å². The van der Waals surface area contributed by atoms with Crippen LogP contribution in [0.3, 0.4) is 0 Å². The van der Waals surface area contributed by atoms with Crippen LogP contribution in [0, 0.1) is 0 Å². The first kappa shape index (κ1) is 18.6. The molecule has 134 valence electrons. The van der Waals surface area contributed by atoms with E-state index in [4.69, 9.17) is 10.5 Å². The smallest absolute Gasteiger partial charge is 0.417 e. The van der Waals surface area contributed by atoms with Crippen LogP contribution in [0.5, 0.6) is 0 Å². The lowest BCUT2D eigenvalue weighted by Crippen LogP contribution is -2.27. The summed E-state index contributed by atoms with van der Waals surface area (Å²) in [6, 6.07) is 9.53. The van der Waals surface area contributed by atoms with E-state index in [0.717, 1.165) is 6.07 Å². The standard InChI is InChI=1S/C18H19F3N2O2/c1-17(2,3)25-16(24)23-15-9-8-11(10-14(15)22)12-6-4-5-7-13(12)18(19,20)21/h4-10H,22H2,1-3H3,(H,23,24). The molecule has 7 heteroatoms. The van der Waals surface area contributed by atoms with Crippen LogP contribution in [0.15, 0.2) is 42.5 Å². The van der Waals surface area contributed by atoms with Gasteiger partial charge in [-0.1, -0.05) is 24.3 Å². The maximum atomic E-state index is 13.1. The van der Waals surface area contributed by atoms with Gasteiger partial charge in [-0.3, -0.25) is 5.32 Å². The molecule has 0 aliphatic rings. The largest absolute Gasteiger partial charge is 0.444 e. The SMILES string of the molecule is CC(C)(C)OC(=O)Nc1ccc(-c2ccccc2C(F)(F)F)cc1N. The Morgan fingerprint density at radius 3 is 2.28 bits per heavy atom. The third-order valence-corrected chi connectivity index (χ3v) is 3.23. The molecule has 2 aromatic rings. The van der Waals surface area contributed by atoms with Crippen molar-refractivity contribution in [1.29, 1.82) is 0 Å². The Labute approximate surface area is 143 Å². The number of nitrogens with one attached hydrogen (secondary N) is 1. The molecule has 1 amide bonds. The van der Waals surface area contributed by atoms with Crippen molar-refractivity contribution < 1.29 is 22.7 Å². The first-order valence-electron chi connectivity index (χ1n) is 7.53. The number of hydrogen-bond donors (Lipinski definition) is 2. The van der Waals surface area contributed by atoms with Crippen LogP contribution in [0.25, 0.3) is 11.1 Å². The number of benzene rings is 2. The molecule has 0 saturated carbocycles. The molecule has 0 atom stereocenters. The number of nitrogens with two attached hydrogens (primary N) is 1. The molecule has 0 spiro atoms. The minimum atomic E-state index is -4.47. The van der Waals surface area contributed by atoms with Crippen molar-refractivity contribution in [3.63, 3.8) is 0 Å². The number of carbonyl (C=O) groups is 1. The number of amides is 1. The number of hydrogen-bond acceptors (Lipinski definition) is 3. The molecule has 0 heterocycles. The average Bonchev–Trinajstić information content (AvgIpc) is 2.46. The van der Waals surface area contributed by atoms with Crippen LogP contribution in [-0.4, -0.2) is 11.7 Å². The van der Waals surface area contributed by atoms with E-state index in [9.17, 15) is 18.0 Å². The lowest BCUT2D eigenvalue weighted by molar-refractivity contribution is -0.137. The predicted molar refractivity (Wildman–Crippen MR) is 91.1 cm³/mol. The molecule has 0 bridgehead atoms. The Balaban J connectivity index is 2.31. The zero-order chi connectivity index (χ0) is 18.8. The molecular formula is C18H19F3N2O2. The lowest BCUT2D eigenvalue weighted by atomic mass is 9.98. The van der Waals surface area contributed by atoms with Gasteiger partial charge in [0.1, 0.15) is 5.60 Å². The van der Waals surface area contributed by atoms with Crippen molar-refractivity contribution in [2.45, 2.75) is 32.5 Å². The molecule has 25 heavy (non-hydrogen) atoms. The Bertz CT molecular complexity index is 781. The molecule has 4 nitrogen and oxygen atoms in total. The highest BCUT2D eigenvalue weighted by Gasteiger charge is 2.33. The number of halogens is 3. The minimum absolute atomic E-state index is 0.0190. The summed E-state index contributed by atoms with van der Waals surface area (Å²) in [6.45, 7) is 5.15. The highest BCUT2D eigenvalue weighted by atomic mass is 19.4. The van der Waals surface area contributed by atoms with Crippen LogP contribution in [-0.2, 0) is 10.9 Å². The van der Waals surface area contributed by atoms with Crippen LogP contribution >= 0.6 is 0 Å². The number of rotatable bonds is 2. The maximum absolute atomic E-state index is 13.1. The number of anilines is 2. The van der Waals surface area contributed by atoms with E-state index in [-0.39, 0.29) is 16.9 Å².